The van der Waals surface area contributed by atoms with Gasteiger partial charge in [0.2, 0.25) is 10.0 Å². The van der Waals surface area contributed by atoms with Crippen molar-refractivity contribution in [3.63, 3.8) is 0 Å². The van der Waals surface area contributed by atoms with Gasteiger partial charge in [-0.15, -0.1) is 0 Å². The van der Waals surface area contributed by atoms with Gasteiger partial charge in [0.1, 0.15) is 0 Å². The number of rotatable bonds is 3. The van der Waals surface area contributed by atoms with Gasteiger partial charge in [-0.3, -0.25) is 0 Å². The van der Waals surface area contributed by atoms with Gasteiger partial charge in [-0.25, -0.2) is 13.1 Å². The quantitative estimate of drug-likeness (QED) is 0.834. The molecule has 0 aliphatic carbocycles. The molecule has 0 amide bonds. The van der Waals surface area contributed by atoms with E-state index in [1.807, 2.05) is 0 Å². The Balaban J connectivity index is 1.85. The van der Waals surface area contributed by atoms with Crippen molar-refractivity contribution in [2.75, 3.05) is 5.73 Å². The van der Waals surface area contributed by atoms with Crippen molar-refractivity contribution in [2.45, 2.75) is 49.3 Å². The molecule has 2 aliphatic heterocycles. The van der Waals surface area contributed by atoms with E-state index < -0.39 is 10.0 Å². The molecule has 1 aromatic carbocycles. The summed E-state index contributed by atoms with van der Waals surface area (Å²) in [6, 6.07) is 2.72. The van der Waals surface area contributed by atoms with E-state index in [0.29, 0.717) is 16.3 Å². The highest BCUT2D eigenvalue weighted by atomic mass is 35.5. The molecule has 7 heteroatoms. The van der Waals surface area contributed by atoms with Crippen molar-refractivity contribution in [2.24, 2.45) is 0 Å². The van der Waals surface area contributed by atoms with Crippen molar-refractivity contribution in [3.05, 3.63) is 22.7 Å². The molecule has 0 saturated carbocycles. The van der Waals surface area contributed by atoms with Crippen LogP contribution in [0.4, 0.5) is 5.69 Å². The molecule has 3 atom stereocenters. The van der Waals surface area contributed by atoms with Gasteiger partial charge in [-0.1, -0.05) is 11.6 Å². The fourth-order valence-corrected chi connectivity index (χ4v) is 4.49. The molecule has 2 saturated heterocycles. The Bertz CT molecular complexity index is 624. The van der Waals surface area contributed by atoms with Gasteiger partial charge in [0.15, 0.2) is 0 Å². The minimum absolute atomic E-state index is 0.00644. The molecule has 3 unspecified atom stereocenters. The number of sulfonamides is 1. The maximum atomic E-state index is 12.4. The molecule has 20 heavy (non-hydrogen) atoms. The summed E-state index contributed by atoms with van der Waals surface area (Å²) in [5.41, 5.74) is 6.85. The largest absolute Gasteiger partial charge is 0.398 e. The first kappa shape index (κ1) is 14.1. The van der Waals surface area contributed by atoms with E-state index in [-0.39, 0.29) is 23.1 Å². The number of hydrogen-bond acceptors (Lipinski definition) is 4. The van der Waals surface area contributed by atoms with E-state index in [2.05, 4.69) is 4.72 Å². The average molecular weight is 317 g/mol. The maximum Gasteiger partial charge on any atom is 0.241 e. The summed E-state index contributed by atoms with van der Waals surface area (Å²) in [7, 11) is -3.62. The summed E-state index contributed by atoms with van der Waals surface area (Å²) in [5.74, 6) is 0. The van der Waals surface area contributed by atoms with Crippen LogP contribution in [0.1, 0.15) is 24.8 Å². The topological polar surface area (TPSA) is 81.4 Å². The van der Waals surface area contributed by atoms with Crippen molar-refractivity contribution in [3.8, 4) is 0 Å². The summed E-state index contributed by atoms with van der Waals surface area (Å²) >= 11 is 6.01. The number of fused-ring (bicyclic) bond motifs is 2. The third kappa shape index (κ3) is 2.41. The van der Waals surface area contributed by atoms with Gasteiger partial charge in [0, 0.05) is 10.7 Å². The fourth-order valence-electron chi connectivity index (χ4n) is 2.86. The Morgan fingerprint density at radius 1 is 1.40 bits per heavy atom. The summed E-state index contributed by atoms with van der Waals surface area (Å²) in [6.45, 7) is 1.76. The van der Waals surface area contributed by atoms with Crippen LogP contribution in [0.5, 0.6) is 0 Å². The van der Waals surface area contributed by atoms with Crippen LogP contribution in [0.25, 0.3) is 0 Å². The van der Waals surface area contributed by atoms with Crippen LogP contribution >= 0.6 is 11.6 Å². The van der Waals surface area contributed by atoms with E-state index in [0.717, 1.165) is 19.3 Å². The summed E-state index contributed by atoms with van der Waals surface area (Å²) in [6.07, 6.45) is 2.85. The van der Waals surface area contributed by atoms with Crippen LogP contribution < -0.4 is 10.5 Å². The van der Waals surface area contributed by atoms with E-state index >= 15 is 0 Å². The monoisotopic (exact) mass is 316 g/mol. The van der Waals surface area contributed by atoms with Gasteiger partial charge in [0.25, 0.3) is 0 Å². The van der Waals surface area contributed by atoms with E-state index in [4.69, 9.17) is 22.1 Å². The van der Waals surface area contributed by atoms with Gasteiger partial charge >= 0.3 is 0 Å². The smallest absolute Gasteiger partial charge is 0.241 e. The number of nitrogens with one attached hydrogen (secondary N) is 1. The lowest BCUT2D eigenvalue weighted by Gasteiger charge is -2.20. The lowest BCUT2D eigenvalue weighted by atomic mass is 9.96. The van der Waals surface area contributed by atoms with Crippen molar-refractivity contribution >= 4 is 27.3 Å². The van der Waals surface area contributed by atoms with Crippen LogP contribution in [-0.4, -0.2) is 26.7 Å². The Labute approximate surface area is 123 Å². The molecular formula is C13H17ClN2O3S. The van der Waals surface area contributed by atoms with Crippen LogP contribution in [0, 0.1) is 6.92 Å². The standard InChI is InChI=1S/C13H17ClN2O3S/c1-7-10(14)5-9(6-11(7)15)20(17,18)16-12-4-8-2-3-13(12)19-8/h5-6,8,12-13,16H,2-4,15H2,1H3. The molecule has 0 aromatic heterocycles. The van der Waals surface area contributed by atoms with Crippen LogP contribution in [0.15, 0.2) is 17.0 Å². The molecule has 0 spiro atoms. The maximum absolute atomic E-state index is 12.4. The fraction of sp³-hybridized carbons (Fsp3) is 0.538. The van der Waals surface area contributed by atoms with Crippen molar-refractivity contribution < 1.29 is 13.2 Å². The highest BCUT2D eigenvalue weighted by Gasteiger charge is 2.42. The van der Waals surface area contributed by atoms with Gasteiger partial charge in [-0.05, 0) is 43.9 Å². The predicted octanol–water partition coefficient (Wildman–Crippen LogP) is 1.83. The Hall–Kier alpha value is -0.820. The first-order chi connectivity index (χ1) is 9.37. The SMILES string of the molecule is Cc1c(N)cc(S(=O)(=O)NC2CC3CCC2O3)cc1Cl. The minimum atomic E-state index is -3.62. The average Bonchev–Trinajstić information content (AvgIpc) is 2.96. The lowest BCUT2D eigenvalue weighted by Crippen LogP contribution is -2.41. The molecule has 2 bridgehead atoms. The van der Waals surface area contributed by atoms with E-state index in [9.17, 15) is 8.42 Å². The zero-order valence-electron chi connectivity index (χ0n) is 11.1. The Morgan fingerprint density at radius 3 is 2.70 bits per heavy atom. The van der Waals surface area contributed by atoms with Crippen LogP contribution in [0.2, 0.25) is 5.02 Å². The molecule has 2 heterocycles. The molecule has 2 fully saturated rings. The van der Waals surface area contributed by atoms with E-state index in [1.165, 1.54) is 12.1 Å². The normalized spacial score (nSPS) is 29.0. The molecule has 3 rings (SSSR count). The number of nitrogen functional groups attached to an aromatic ring is 1. The first-order valence-electron chi connectivity index (χ1n) is 6.60. The predicted molar refractivity (Wildman–Crippen MR) is 77.2 cm³/mol. The minimum Gasteiger partial charge on any atom is -0.398 e. The van der Waals surface area contributed by atoms with Crippen molar-refractivity contribution in [1.82, 2.24) is 4.72 Å². The van der Waals surface area contributed by atoms with E-state index in [1.54, 1.807) is 6.92 Å². The zero-order chi connectivity index (χ0) is 14.5. The number of anilines is 1. The lowest BCUT2D eigenvalue weighted by molar-refractivity contribution is 0.0996. The summed E-state index contributed by atoms with van der Waals surface area (Å²) in [5, 5.41) is 0.356. The highest BCUT2D eigenvalue weighted by Crippen LogP contribution is 2.35. The van der Waals surface area contributed by atoms with Gasteiger partial charge in [0.05, 0.1) is 23.1 Å². The molecule has 110 valence electrons. The molecular weight excluding hydrogens is 300 g/mol. The molecule has 3 N–H and O–H groups in total. The van der Waals surface area contributed by atoms with Gasteiger partial charge in [-0.2, -0.15) is 0 Å². The number of halogens is 1. The Morgan fingerprint density at radius 2 is 2.15 bits per heavy atom. The number of hydrogen-bond donors (Lipinski definition) is 2. The molecule has 0 radical (unpaired) electrons. The number of nitrogens with two attached hydrogens (primary N) is 1. The third-order valence-corrected chi connectivity index (χ3v) is 5.94. The second-order valence-corrected chi connectivity index (χ2v) is 7.58. The second-order valence-electron chi connectivity index (χ2n) is 5.46. The zero-order valence-corrected chi connectivity index (χ0v) is 12.7. The molecule has 2 aliphatic rings. The van der Waals surface area contributed by atoms with Crippen molar-refractivity contribution in [1.29, 1.82) is 0 Å². The van der Waals surface area contributed by atoms with Gasteiger partial charge < -0.3 is 10.5 Å². The first-order valence-corrected chi connectivity index (χ1v) is 8.46. The third-order valence-electron chi connectivity index (χ3n) is 4.08. The molecule has 5 nitrogen and oxygen atoms in total. The van der Waals surface area contributed by atoms with Crippen LogP contribution in [-0.2, 0) is 14.8 Å². The Kier molecular flexibility index (Phi) is 3.44. The number of benzene rings is 1. The summed E-state index contributed by atoms with van der Waals surface area (Å²) in [4.78, 5) is 0.105. The highest BCUT2D eigenvalue weighted by molar-refractivity contribution is 7.89. The molecule has 1 aromatic rings. The second kappa shape index (κ2) is 4.87. The van der Waals surface area contributed by atoms with Crippen LogP contribution in [0.3, 0.4) is 0 Å². The number of ether oxygens (including phenoxy) is 1. The summed E-state index contributed by atoms with van der Waals surface area (Å²) < 4.78 is 33.2.